The van der Waals surface area contributed by atoms with Crippen molar-refractivity contribution in [2.24, 2.45) is 0 Å². The van der Waals surface area contributed by atoms with Gasteiger partial charge in [-0.2, -0.15) is 0 Å². The summed E-state index contributed by atoms with van der Waals surface area (Å²) >= 11 is 0. The summed E-state index contributed by atoms with van der Waals surface area (Å²) in [5, 5.41) is 9.53. The molecular formula is C62H40N2O. The van der Waals surface area contributed by atoms with Gasteiger partial charge in [0.05, 0.1) is 16.7 Å². The van der Waals surface area contributed by atoms with Crippen LogP contribution in [0.1, 0.15) is 0 Å². The van der Waals surface area contributed by atoms with E-state index in [9.17, 15) is 0 Å². The molecule has 0 N–H and O–H groups in total. The molecule has 3 heteroatoms. The molecule has 0 atom stereocenters. The van der Waals surface area contributed by atoms with E-state index in [2.05, 4.69) is 252 Å². The Bertz CT molecular complexity index is 3900. The Morgan fingerprint density at radius 3 is 1.68 bits per heavy atom. The van der Waals surface area contributed by atoms with Crippen LogP contribution in [0.4, 0.5) is 17.1 Å². The lowest BCUT2D eigenvalue weighted by Gasteiger charge is -2.26. The Balaban J connectivity index is 0.942. The number of hydrogen-bond acceptors (Lipinski definition) is 2. The summed E-state index contributed by atoms with van der Waals surface area (Å²) in [6, 6.07) is 87.7. The van der Waals surface area contributed by atoms with Crippen LogP contribution in [0.25, 0.3) is 104 Å². The van der Waals surface area contributed by atoms with Gasteiger partial charge in [0.25, 0.3) is 0 Å². The molecule has 0 amide bonds. The largest absolute Gasteiger partial charge is 0.455 e. The first-order valence-electron chi connectivity index (χ1n) is 22.2. The number of rotatable bonds is 7. The van der Waals surface area contributed by atoms with Gasteiger partial charge in [-0.05, 0) is 117 Å². The molecule has 304 valence electrons. The summed E-state index contributed by atoms with van der Waals surface area (Å²) in [5.41, 5.74) is 15.5. The Morgan fingerprint density at radius 1 is 0.323 bits per heavy atom. The molecule has 0 saturated heterocycles. The number of aromatic nitrogens is 1. The van der Waals surface area contributed by atoms with Crippen LogP contribution in [0.2, 0.25) is 0 Å². The van der Waals surface area contributed by atoms with E-state index in [1.54, 1.807) is 0 Å². The van der Waals surface area contributed by atoms with E-state index in [-0.39, 0.29) is 0 Å². The molecule has 0 radical (unpaired) electrons. The number of benzene rings is 11. The smallest absolute Gasteiger partial charge is 0.143 e. The van der Waals surface area contributed by atoms with Crippen LogP contribution in [-0.2, 0) is 0 Å². The minimum atomic E-state index is 0.886. The molecule has 0 fully saturated rings. The molecule has 2 aromatic heterocycles. The third-order valence-corrected chi connectivity index (χ3v) is 13.2. The first-order valence-corrected chi connectivity index (χ1v) is 22.2. The van der Waals surface area contributed by atoms with Crippen LogP contribution in [0.15, 0.2) is 247 Å². The zero-order chi connectivity index (χ0) is 42.8. The van der Waals surface area contributed by atoms with Crippen LogP contribution >= 0.6 is 0 Å². The fraction of sp³-hybridized carbons (Fsp3) is 0. The Kier molecular flexibility index (Phi) is 8.53. The normalized spacial score (nSPS) is 11.7. The average molecular weight is 829 g/mol. The number of furan rings is 1. The van der Waals surface area contributed by atoms with E-state index in [1.165, 1.54) is 54.7 Å². The second-order valence-electron chi connectivity index (χ2n) is 16.9. The van der Waals surface area contributed by atoms with Crippen molar-refractivity contribution in [3.05, 3.63) is 243 Å². The van der Waals surface area contributed by atoms with E-state index < -0.39 is 0 Å². The summed E-state index contributed by atoms with van der Waals surface area (Å²) in [6.07, 6.45) is 0. The molecule has 3 nitrogen and oxygen atoms in total. The molecule has 11 aromatic carbocycles. The quantitative estimate of drug-likeness (QED) is 0.160. The van der Waals surface area contributed by atoms with Gasteiger partial charge >= 0.3 is 0 Å². The minimum absolute atomic E-state index is 0.886. The van der Waals surface area contributed by atoms with E-state index in [0.717, 1.165) is 66.8 Å². The summed E-state index contributed by atoms with van der Waals surface area (Å²) in [7, 11) is 0. The molecule has 13 aromatic rings. The topological polar surface area (TPSA) is 21.3 Å². The summed E-state index contributed by atoms with van der Waals surface area (Å²) < 4.78 is 9.04. The maximum Gasteiger partial charge on any atom is 0.143 e. The van der Waals surface area contributed by atoms with Gasteiger partial charge in [0.2, 0.25) is 0 Å². The maximum absolute atomic E-state index is 6.63. The van der Waals surface area contributed by atoms with Crippen molar-refractivity contribution in [3.8, 4) is 39.1 Å². The van der Waals surface area contributed by atoms with Gasteiger partial charge < -0.3 is 13.9 Å². The molecular weight excluding hydrogens is 789 g/mol. The number of anilines is 3. The Labute approximate surface area is 376 Å². The zero-order valence-electron chi connectivity index (χ0n) is 35.4. The number of para-hydroxylation sites is 3. The van der Waals surface area contributed by atoms with Gasteiger partial charge in [-0.1, -0.05) is 170 Å². The third kappa shape index (κ3) is 6.12. The minimum Gasteiger partial charge on any atom is -0.455 e. The standard InChI is InChI=1S/C62H40N2O/c1-2-15-45-39-46(28-27-41(45)13-1)42-29-34-48(35-30-42)63(50-17-11-16-47(40-50)52-22-12-26-60-61(52)56-38-33-43-14-3-4-19-53(43)62(56)65-60)49-36-31-44(32-37-49)51-18-5-8-23-57(51)64-58-24-9-6-20-54(58)55-21-7-10-25-59(55)64/h1-40H. The predicted molar refractivity (Wildman–Crippen MR) is 274 cm³/mol. The Hall–Kier alpha value is -8.66. The monoisotopic (exact) mass is 828 g/mol. The molecule has 0 bridgehead atoms. The van der Waals surface area contributed by atoms with Crippen molar-refractivity contribution in [1.82, 2.24) is 4.57 Å². The van der Waals surface area contributed by atoms with Gasteiger partial charge in [-0.3, -0.25) is 0 Å². The van der Waals surface area contributed by atoms with Crippen molar-refractivity contribution in [3.63, 3.8) is 0 Å². The van der Waals surface area contributed by atoms with Crippen LogP contribution in [0.3, 0.4) is 0 Å². The molecule has 65 heavy (non-hydrogen) atoms. The maximum atomic E-state index is 6.63. The van der Waals surface area contributed by atoms with Crippen molar-refractivity contribution in [1.29, 1.82) is 0 Å². The molecule has 0 spiro atoms. The van der Waals surface area contributed by atoms with Gasteiger partial charge in [0, 0.05) is 49.6 Å². The molecule has 0 aliphatic heterocycles. The highest BCUT2D eigenvalue weighted by atomic mass is 16.3. The van der Waals surface area contributed by atoms with Gasteiger partial charge in [0.15, 0.2) is 0 Å². The molecule has 2 heterocycles. The second-order valence-corrected chi connectivity index (χ2v) is 16.9. The lowest BCUT2D eigenvalue weighted by molar-refractivity contribution is 0.673. The lowest BCUT2D eigenvalue weighted by Crippen LogP contribution is -2.10. The lowest BCUT2D eigenvalue weighted by atomic mass is 9.97. The zero-order valence-corrected chi connectivity index (χ0v) is 35.4. The summed E-state index contributed by atoms with van der Waals surface area (Å²) in [5.74, 6) is 0. The van der Waals surface area contributed by atoms with Crippen molar-refractivity contribution in [2.75, 3.05) is 4.90 Å². The van der Waals surface area contributed by atoms with Crippen LogP contribution < -0.4 is 4.90 Å². The van der Waals surface area contributed by atoms with Crippen LogP contribution in [-0.4, -0.2) is 4.57 Å². The van der Waals surface area contributed by atoms with Crippen molar-refractivity contribution in [2.45, 2.75) is 0 Å². The summed E-state index contributed by atoms with van der Waals surface area (Å²) in [4.78, 5) is 2.37. The van der Waals surface area contributed by atoms with Gasteiger partial charge in [0.1, 0.15) is 11.2 Å². The molecule has 0 saturated carbocycles. The SMILES string of the molecule is c1cc(-c2cccc3oc4c5ccccc5ccc4c23)cc(N(c2ccc(-c3ccc4ccccc4c3)cc2)c2ccc(-c3ccccc3-n3c4ccccc4c4ccccc43)cc2)c1. The average Bonchev–Trinajstić information content (AvgIpc) is 3.93. The summed E-state index contributed by atoms with van der Waals surface area (Å²) in [6.45, 7) is 0. The van der Waals surface area contributed by atoms with E-state index in [4.69, 9.17) is 4.42 Å². The van der Waals surface area contributed by atoms with E-state index in [0.29, 0.717) is 0 Å². The highest BCUT2D eigenvalue weighted by molar-refractivity contribution is 6.19. The second kappa shape index (κ2) is 15.0. The van der Waals surface area contributed by atoms with Crippen LogP contribution in [0.5, 0.6) is 0 Å². The molecule has 0 aliphatic rings. The van der Waals surface area contributed by atoms with E-state index >= 15 is 0 Å². The van der Waals surface area contributed by atoms with Gasteiger partial charge in [-0.25, -0.2) is 0 Å². The molecule has 0 unspecified atom stereocenters. The highest BCUT2D eigenvalue weighted by Crippen LogP contribution is 2.43. The first kappa shape index (κ1) is 36.9. The molecule has 13 rings (SSSR count). The van der Waals surface area contributed by atoms with Crippen molar-refractivity contribution < 1.29 is 4.42 Å². The fourth-order valence-electron chi connectivity index (χ4n) is 10.1. The predicted octanol–water partition coefficient (Wildman–Crippen LogP) is 17.5. The van der Waals surface area contributed by atoms with E-state index in [1.807, 2.05) is 0 Å². The first-order chi connectivity index (χ1) is 32.2. The van der Waals surface area contributed by atoms with Gasteiger partial charge in [-0.15, -0.1) is 0 Å². The Morgan fingerprint density at radius 2 is 0.908 bits per heavy atom. The number of fused-ring (bicyclic) bond motifs is 9. The van der Waals surface area contributed by atoms with Crippen LogP contribution in [0, 0.1) is 0 Å². The molecule has 0 aliphatic carbocycles. The number of hydrogen-bond donors (Lipinski definition) is 0. The van der Waals surface area contributed by atoms with Crippen molar-refractivity contribution >= 4 is 82.4 Å². The highest BCUT2D eigenvalue weighted by Gasteiger charge is 2.19. The third-order valence-electron chi connectivity index (χ3n) is 13.2. The number of nitrogens with zero attached hydrogens (tertiary/aromatic N) is 2. The fourth-order valence-corrected chi connectivity index (χ4v) is 10.1.